The van der Waals surface area contributed by atoms with Gasteiger partial charge in [-0.25, -0.2) is 0 Å². The molecule has 3 heteroatoms. The van der Waals surface area contributed by atoms with Gasteiger partial charge in [-0.1, -0.05) is 0 Å². The fraction of sp³-hybridized carbons (Fsp3) is 1.00. The van der Waals surface area contributed by atoms with Crippen LogP contribution >= 0.6 is 0 Å². The second-order valence-electron chi connectivity index (χ2n) is 2.29. The molecular formula is C6H13KN2. The van der Waals surface area contributed by atoms with E-state index in [1.165, 1.54) is 19.4 Å². The van der Waals surface area contributed by atoms with Crippen LogP contribution in [0.25, 0.3) is 5.32 Å². The summed E-state index contributed by atoms with van der Waals surface area (Å²) in [6.45, 7) is 2.19. The Morgan fingerprint density at radius 1 is 1.67 bits per heavy atom. The summed E-state index contributed by atoms with van der Waals surface area (Å²) >= 11 is 0. The van der Waals surface area contributed by atoms with Gasteiger partial charge in [-0.05, 0) is 25.4 Å². The Kier molecular flexibility index (Phi) is 7.36. The second kappa shape index (κ2) is 6.28. The molecule has 1 aliphatic heterocycles. The van der Waals surface area contributed by atoms with Crippen LogP contribution in [-0.2, 0) is 0 Å². The summed E-state index contributed by atoms with van der Waals surface area (Å²) in [4.78, 5) is 0. The number of rotatable bonds is 2. The Labute approximate surface area is 99.6 Å². The van der Waals surface area contributed by atoms with Crippen LogP contribution in [0, 0.1) is 0 Å². The van der Waals surface area contributed by atoms with E-state index in [0.717, 1.165) is 6.54 Å². The molecule has 0 amide bonds. The molecule has 1 rings (SSSR count). The van der Waals surface area contributed by atoms with E-state index in [2.05, 4.69) is 10.6 Å². The molecule has 1 unspecified atom stereocenters. The SMILES string of the molecule is C[N-]CC1CCCN1.[K+]. The van der Waals surface area contributed by atoms with Crippen molar-refractivity contribution < 1.29 is 51.4 Å². The molecule has 0 spiro atoms. The van der Waals surface area contributed by atoms with E-state index in [4.69, 9.17) is 0 Å². The van der Waals surface area contributed by atoms with E-state index in [1.807, 2.05) is 7.05 Å². The maximum absolute atomic E-state index is 4.06. The van der Waals surface area contributed by atoms with Crippen LogP contribution in [0.1, 0.15) is 12.8 Å². The molecule has 0 bridgehead atoms. The Bertz CT molecular complexity index is 62.1. The molecule has 0 aromatic heterocycles. The van der Waals surface area contributed by atoms with E-state index in [9.17, 15) is 0 Å². The van der Waals surface area contributed by atoms with Crippen molar-refractivity contribution in [2.24, 2.45) is 0 Å². The first-order chi connectivity index (χ1) is 3.93. The van der Waals surface area contributed by atoms with Crippen LogP contribution in [0.4, 0.5) is 0 Å². The molecule has 0 aromatic carbocycles. The summed E-state index contributed by atoms with van der Waals surface area (Å²) in [7, 11) is 1.88. The summed E-state index contributed by atoms with van der Waals surface area (Å²) in [5, 5.41) is 7.42. The van der Waals surface area contributed by atoms with E-state index in [1.54, 1.807) is 0 Å². The van der Waals surface area contributed by atoms with Crippen molar-refractivity contribution in [3.63, 3.8) is 0 Å². The average molecular weight is 152 g/mol. The number of hydrogen-bond donors (Lipinski definition) is 1. The molecule has 1 fully saturated rings. The van der Waals surface area contributed by atoms with Crippen molar-refractivity contribution in [1.29, 1.82) is 0 Å². The minimum atomic E-state index is 0. The van der Waals surface area contributed by atoms with Crippen LogP contribution in [0.15, 0.2) is 0 Å². The van der Waals surface area contributed by atoms with Crippen molar-refractivity contribution in [3.05, 3.63) is 5.32 Å². The van der Waals surface area contributed by atoms with Crippen LogP contribution in [0.3, 0.4) is 0 Å². The summed E-state index contributed by atoms with van der Waals surface area (Å²) < 4.78 is 0. The summed E-state index contributed by atoms with van der Waals surface area (Å²) in [5.41, 5.74) is 0. The van der Waals surface area contributed by atoms with Gasteiger partial charge < -0.3 is 10.6 Å². The van der Waals surface area contributed by atoms with E-state index >= 15 is 0 Å². The maximum atomic E-state index is 4.06. The van der Waals surface area contributed by atoms with E-state index in [0.29, 0.717) is 6.04 Å². The van der Waals surface area contributed by atoms with Crippen LogP contribution in [0.5, 0.6) is 0 Å². The summed E-state index contributed by atoms with van der Waals surface area (Å²) in [6.07, 6.45) is 2.65. The zero-order valence-electron chi connectivity index (χ0n) is 6.35. The Morgan fingerprint density at radius 2 is 2.44 bits per heavy atom. The van der Waals surface area contributed by atoms with Gasteiger partial charge in [-0.15, -0.1) is 6.54 Å². The third-order valence-corrected chi connectivity index (χ3v) is 1.57. The van der Waals surface area contributed by atoms with Crippen molar-refractivity contribution >= 4 is 0 Å². The third-order valence-electron chi connectivity index (χ3n) is 1.57. The maximum Gasteiger partial charge on any atom is 1.00 e. The van der Waals surface area contributed by atoms with E-state index in [-0.39, 0.29) is 51.4 Å². The van der Waals surface area contributed by atoms with Gasteiger partial charge in [0.1, 0.15) is 0 Å². The fourth-order valence-electron chi connectivity index (χ4n) is 1.13. The van der Waals surface area contributed by atoms with Gasteiger partial charge in [0, 0.05) is 0 Å². The Hall–Kier alpha value is 1.56. The average Bonchev–Trinajstić information content (AvgIpc) is 2.19. The first kappa shape index (κ1) is 10.6. The summed E-state index contributed by atoms with van der Waals surface area (Å²) in [6, 6.07) is 0.694. The van der Waals surface area contributed by atoms with Gasteiger partial charge in [-0.2, -0.15) is 7.05 Å². The molecule has 2 nitrogen and oxygen atoms in total. The Balaban J connectivity index is 0.000000640. The van der Waals surface area contributed by atoms with Crippen molar-refractivity contribution in [1.82, 2.24) is 5.32 Å². The standard InChI is InChI=1S/C6H13N2.K/c1-7-5-6-3-2-4-8-6;/h6,8H,2-5H2,1H3;/q-1;+1. The van der Waals surface area contributed by atoms with E-state index < -0.39 is 0 Å². The molecule has 9 heavy (non-hydrogen) atoms. The van der Waals surface area contributed by atoms with Crippen molar-refractivity contribution in [2.45, 2.75) is 18.9 Å². The predicted molar refractivity (Wildman–Crippen MR) is 35.2 cm³/mol. The number of likely N-dealkylation sites (N-methyl/N-ethyl adjacent to an activating group) is 1. The predicted octanol–water partition coefficient (Wildman–Crippen LogP) is -2.25. The molecule has 1 aliphatic rings. The fourth-order valence-corrected chi connectivity index (χ4v) is 1.13. The zero-order chi connectivity index (χ0) is 5.82. The minimum Gasteiger partial charge on any atom is -0.664 e. The minimum absolute atomic E-state index is 0. The molecule has 1 saturated heterocycles. The van der Waals surface area contributed by atoms with Gasteiger partial charge in [0.05, 0.1) is 0 Å². The zero-order valence-corrected chi connectivity index (χ0v) is 9.48. The van der Waals surface area contributed by atoms with Gasteiger partial charge in [0.2, 0.25) is 0 Å². The monoisotopic (exact) mass is 152 g/mol. The second-order valence-corrected chi connectivity index (χ2v) is 2.29. The Morgan fingerprint density at radius 3 is 2.89 bits per heavy atom. The van der Waals surface area contributed by atoms with Crippen molar-refractivity contribution in [2.75, 3.05) is 20.1 Å². The van der Waals surface area contributed by atoms with Crippen LogP contribution < -0.4 is 56.7 Å². The first-order valence-corrected chi connectivity index (χ1v) is 3.22. The van der Waals surface area contributed by atoms with Gasteiger partial charge >= 0.3 is 51.4 Å². The van der Waals surface area contributed by atoms with Crippen LogP contribution in [0.2, 0.25) is 0 Å². The van der Waals surface area contributed by atoms with Gasteiger partial charge in [0.25, 0.3) is 0 Å². The smallest absolute Gasteiger partial charge is 0.664 e. The van der Waals surface area contributed by atoms with Gasteiger partial charge in [-0.3, -0.25) is 0 Å². The molecular weight excluding hydrogens is 139 g/mol. The molecule has 1 atom stereocenters. The largest absolute Gasteiger partial charge is 1.00 e. The topological polar surface area (TPSA) is 26.1 Å². The molecule has 0 aromatic rings. The number of nitrogens with zero attached hydrogens (tertiary/aromatic N) is 1. The molecule has 1 N–H and O–H groups in total. The molecule has 1 heterocycles. The quantitative estimate of drug-likeness (QED) is 0.444. The molecule has 0 aliphatic carbocycles. The first-order valence-electron chi connectivity index (χ1n) is 3.22. The number of hydrogen-bond acceptors (Lipinski definition) is 1. The summed E-state index contributed by atoms with van der Waals surface area (Å²) in [5.74, 6) is 0. The van der Waals surface area contributed by atoms with Gasteiger partial charge in [0.15, 0.2) is 0 Å². The van der Waals surface area contributed by atoms with Crippen molar-refractivity contribution in [3.8, 4) is 0 Å². The molecule has 0 saturated carbocycles. The normalized spacial score (nSPS) is 25.7. The number of nitrogens with one attached hydrogen (secondary N) is 1. The van der Waals surface area contributed by atoms with Crippen LogP contribution in [-0.4, -0.2) is 26.2 Å². The molecule has 0 radical (unpaired) electrons. The third kappa shape index (κ3) is 4.09. The molecule has 48 valence electrons.